The largest absolute Gasteiger partial charge is 0.378 e. The molecule has 0 saturated carbocycles. The van der Waals surface area contributed by atoms with Crippen molar-refractivity contribution in [1.29, 1.82) is 0 Å². The van der Waals surface area contributed by atoms with E-state index in [2.05, 4.69) is 37.6 Å². The summed E-state index contributed by atoms with van der Waals surface area (Å²) < 4.78 is 0. The Morgan fingerprint density at radius 2 is 1.58 bits per heavy atom. The van der Waals surface area contributed by atoms with Gasteiger partial charge in [-0.15, -0.1) is 0 Å². The zero-order valence-corrected chi connectivity index (χ0v) is 15.9. The van der Waals surface area contributed by atoms with Crippen molar-refractivity contribution in [3.8, 4) is 0 Å². The Balaban J connectivity index is 1.69. The lowest BCUT2D eigenvalue weighted by molar-refractivity contribution is 1.03. The Morgan fingerprint density at radius 3 is 2.23 bits per heavy atom. The van der Waals surface area contributed by atoms with Crippen LogP contribution in [-0.4, -0.2) is 24.1 Å². The molecule has 1 aromatic heterocycles. The fourth-order valence-electron chi connectivity index (χ4n) is 2.51. The van der Waals surface area contributed by atoms with Crippen molar-refractivity contribution in [2.75, 3.05) is 29.6 Å². The van der Waals surface area contributed by atoms with Gasteiger partial charge in [0.1, 0.15) is 17.5 Å². The molecule has 1 heterocycles. The molecular formula is C20H22ClN5. The Kier molecular flexibility index (Phi) is 5.58. The summed E-state index contributed by atoms with van der Waals surface area (Å²) in [7, 11) is 4.05. The summed E-state index contributed by atoms with van der Waals surface area (Å²) in [6.07, 6.45) is 0. The van der Waals surface area contributed by atoms with Crippen LogP contribution >= 0.6 is 11.6 Å². The molecular weight excluding hydrogens is 346 g/mol. The van der Waals surface area contributed by atoms with Crippen LogP contribution in [0.2, 0.25) is 5.02 Å². The first-order valence-corrected chi connectivity index (χ1v) is 8.76. The van der Waals surface area contributed by atoms with Gasteiger partial charge in [-0.1, -0.05) is 23.7 Å². The van der Waals surface area contributed by atoms with Crippen LogP contribution in [0.25, 0.3) is 0 Å². The maximum absolute atomic E-state index is 5.92. The van der Waals surface area contributed by atoms with Gasteiger partial charge in [-0.05, 0) is 48.9 Å². The number of hydrogen-bond acceptors (Lipinski definition) is 5. The second-order valence-electron chi connectivity index (χ2n) is 6.23. The molecule has 2 aromatic carbocycles. The molecule has 5 nitrogen and oxygen atoms in total. The van der Waals surface area contributed by atoms with E-state index in [9.17, 15) is 0 Å². The first-order chi connectivity index (χ1) is 12.5. The highest BCUT2D eigenvalue weighted by molar-refractivity contribution is 6.30. The average molecular weight is 368 g/mol. The molecule has 6 heteroatoms. The lowest BCUT2D eigenvalue weighted by Gasteiger charge is -2.14. The van der Waals surface area contributed by atoms with Gasteiger partial charge in [0.2, 0.25) is 0 Å². The highest BCUT2D eigenvalue weighted by atomic mass is 35.5. The third-order valence-corrected chi connectivity index (χ3v) is 4.13. The Bertz CT molecular complexity index is 860. The van der Waals surface area contributed by atoms with Crippen molar-refractivity contribution < 1.29 is 0 Å². The summed E-state index contributed by atoms with van der Waals surface area (Å²) in [6, 6.07) is 17.9. The number of halogens is 1. The summed E-state index contributed by atoms with van der Waals surface area (Å²) in [6.45, 7) is 2.55. The first-order valence-electron chi connectivity index (χ1n) is 8.38. The van der Waals surface area contributed by atoms with E-state index >= 15 is 0 Å². The van der Waals surface area contributed by atoms with Crippen molar-refractivity contribution in [3.05, 3.63) is 71.0 Å². The zero-order chi connectivity index (χ0) is 18.5. The molecule has 0 fully saturated rings. The molecule has 0 aliphatic heterocycles. The molecule has 0 bridgehead atoms. The van der Waals surface area contributed by atoms with Crippen molar-refractivity contribution in [1.82, 2.24) is 9.97 Å². The van der Waals surface area contributed by atoms with Crippen LogP contribution in [0.1, 0.15) is 11.4 Å². The van der Waals surface area contributed by atoms with E-state index in [4.69, 9.17) is 11.6 Å². The third-order valence-electron chi connectivity index (χ3n) is 3.88. The molecule has 0 atom stereocenters. The summed E-state index contributed by atoms with van der Waals surface area (Å²) in [5.41, 5.74) is 3.27. The normalized spacial score (nSPS) is 10.5. The average Bonchev–Trinajstić information content (AvgIpc) is 2.61. The van der Waals surface area contributed by atoms with Crippen molar-refractivity contribution in [2.24, 2.45) is 0 Å². The summed E-state index contributed by atoms with van der Waals surface area (Å²) in [4.78, 5) is 11.0. The lowest BCUT2D eigenvalue weighted by Crippen LogP contribution is -2.08. The summed E-state index contributed by atoms with van der Waals surface area (Å²) >= 11 is 5.92. The quantitative estimate of drug-likeness (QED) is 0.651. The Labute approximate surface area is 159 Å². The Hall–Kier alpha value is -2.79. The number of benzene rings is 2. The smallest absolute Gasteiger partial charge is 0.136 e. The van der Waals surface area contributed by atoms with Crippen LogP contribution in [0.4, 0.5) is 23.0 Å². The minimum atomic E-state index is 0.671. The number of rotatable bonds is 6. The molecule has 0 aliphatic carbocycles. The van der Waals surface area contributed by atoms with E-state index in [1.807, 2.05) is 63.5 Å². The van der Waals surface area contributed by atoms with Crippen LogP contribution in [0.5, 0.6) is 0 Å². The molecule has 0 unspecified atom stereocenters. The van der Waals surface area contributed by atoms with Crippen molar-refractivity contribution in [3.63, 3.8) is 0 Å². The highest BCUT2D eigenvalue weighted by Gasteiger charge is 2.04. The molecule has 134 valence electrons. The molecule has 0 aliphatic rings. The number of anilines is 4. The van der Waals surface area contributed by atoms with Crippen LogP contribution in [0.15, 0.2) is 54.6 Å². The van der Waals surface area contributed by atoms with Gasteiger partial charge in [-0.2, -0.15) is 0 Å². The monoisotopic (exact) mass is 367 g/mol. The SMILES string of the molecule is Cc1nc(NCc2ccc(Cl)cc2)cc(Nc2ccc(N(C)C)cc2)n1. The van der Waals surface area contributed by atoms with Gasteiger partial charge in [0.25, 0.3) is 0 Å². The zero-order valence-electron chi connectivity index (χ0n) is 15.1. The molecule has 0 amide bonds. The number of aromatic nitrogens is 2. The fraction of sp³-hybridized carbons (Fsp3) is 0.200. The van der Waals surface area contributed by atoms with Crippen LogP contribution in [0.3, 0.4) is 0 Å². The van der Waals surface area contributed by atoms with Crippen molar-refractivity contribution >= 4 is 34.6 Å². The molecule has 0 spiro atoms. The molecule has 3 rings (SSSR count). The van der Waals surface area contributed by atoms with Gasteiger partial charge in [-0.25, -0.2) is 9.97 Å². The van der Waals surface area contributed by atoms with Gasteiger partial charge in [0, 0.05) is 43.1 Å². The maximum Gasteiger partial charge on any atom is 0.136 e. The predicted octanol–water partition coefficient (Wildman–Crippen LogP) is 4.86. The predicted molar refractivity (Wildman–Crippen MR) is 110 cm³/mol. The third kappa shape index (κ3) is 4.86. The number of hydrogen-bond donors (Lipinski definition) is 2. The molecule has 2 N–H and O–H groups in total. The summed E-state index contributed by atoms with van der Waals surface area (Å²) in [5, 5.41) is 7.40. The van der Waals surface area contributed by atoms with Crippen LogP contribution in [0, 0.1) is 6.92 Å². The van der Waals surface area contributed by atoms with E-state index in [1.54, 1.807) is 0 Å². The van der Waals surface area contributed by atoms with Gasteiger partial charge in [0.15, 0.2) is 0 Å². The lowest BCUT2D eigenvalue weighted by atomic mass is 10.2. The van der Waals surface area contributed by atoms with Gasteiger partial charge in [0.05, 0.1) is 0 Å². The number of nitrogens with zero attached hydrogens (tertiary/aromatic N) is 3. The van der Waals surface area contributed by atoms with Crippen LogP contribution < -0.4 is 15.5 Å². The number of aryl methyl sites for hydroxylation is 1. The van der Waals surface area contributed by atoms with Gasteiger partial charge >= 0.3 is 0 Å². The second kappa shape index (κ2) is 8.06. The molecule has 0 radical (unpaired) electrons. The van der Waals surface area contributed by atoms with Gasteiger partial charge in [-0.3, -0.25) is 0 Å². The second-order valence-corrected chi connectivity index (χ2v) is 6.67. The fourth-order valence-corrected chi connectivity index (χ4v) is 2.63. The molecule has 26 heavy (non-hydrogen) atoms. The van der Waals surface area contributed by atoms with E-state index in [0.717, 1.165) is 33.6 Å². The minimum Gasteiger partial charge on any atom is -0.378 e. The standard InChI is InChI=1S/C20H22ClN5/c1-14-23-19(22-13-15-4-6-16(21)7-5-15)12-20(24-14)25-17-8-10-18(11-9-17)26(2)3/h4-12H,13H2,1-3H3,(H2,22,23,24,25). The van der Waals surface area contributed by atoms with Crippen molar-refractivity contribution in [2.45, 2.75) is 13.5 Å². The summed E-state index contributed by atoms with van der Waals surface area (Å²) in [5.74, 6) is 2.24. The Morgan fingerprint density at radius 1 is 0.923 bits per heavy atom. The van der Waals surface area contributed by atoms with E-state index < -0.39 is 0 Å². The molecule has 0 saturated heterocycles. The minimum absolute atomic E-state index is 0.671. The number of nitrogens with one attached hydrogen (secondary N) is 2. The molecule has 3 aromatic rings. The van der Waals surface area contributed by atoms with E-state index in [0.29, 0.717) is 12.4 Å². The van der Waals surface area contributed by atoms with Crippen LogP contribution in [-0.2, 0) is 6.54 Å². The first kappa shape index (κ1) is 18.0. The van der Waals surface area contributed by atoms with E-state index in [-0.39, 0.29) is 0 Å². The maximum atomic E-state index is 5.92. The van der Waals surface area contributed by atoms with E-state index in [1.165, 1.54) is 0 Å². The van der Waals surface area contributed by atoms with Gasteiger partial charge < -0.3 is 15.5 Å². The highest BCUT2D eigenvalue weighted by Crippen LogP contribution is 2.21. The topological polar surface area (TPSA) is 53.1 Å².